The molecule has 0 radical (unpaired) electrons. The third-order valence-electron chi connectivity index (χ3n) is 6.13. The van der Waals surface area contributed by atoms with Gasteiger partial charge in [-0.1, -0.05) is 35.5 Å². The van der Waals surface area contributed by atoms with Crippen molar-refractivity contribution < 1.29 is 22.8 Å². The maximum absolute atomic E-state index is 13.4. The fourth-order valence-corrected chi connectivity index (χ4v) is 7.09. The molecule has 2 aromatic carbocycles. The first-order valence-corrected chi connectivity index (χ1v) is 16.5. The highest BCUT2D eigenvalue weighted by Gasteiger charge is 2.26. The van der Waals surface area contributed by atoms with Gasteiger partial charge in [0.05, 0.1) is 22.0 Å². The number of ketones is 1. The van der Waals surface area contributed by atoms with Crippen LogP contribution < -0.4 is 21.3 Å². The van der Waals surface area contributed by atoms with E-state index < -0.39 is 39.9 Å². The number of fused-ring (bicyclic) bond motifs is 1. The van der Waals surface area contributed by atoms with Crippen LogP contribution in [0.3, 0.4) is 0 Å². The molecule has 4 N–H and O–H groups in total. The van der Waals surface area contributed by atoms with Crippen LogP contribution in [-0.2, 0) is 32.0 Å². The number of anilines is 1. The fraction of sp³-hybridized carbons (Fsp3) is 0.250. The van der Waals surface area contributed by atoms with Crippen molar-refractivity contribution in [3.63, 3.8) is 0 Å². The molecule has 226 valence electrons. The molecule has 0 saturated heterocycles. The van der Waals surface area contributed by atoms with Crippen molar-refractivity contribution in [3.8, 4) is 0 Å². The minimum atomic E-state index is -3.93. The summed E-state index contributed by atoms with van der Waals surface area (Å²) in [4.78, 5) is 49.4. The number of halogens is 1. The number of nitrogens with zero attached hydrogens (tertiary/aromatic N) is 3. The van der Waals surface area contributed by atoms with Gasteiger partial charge < -0.3 is 20.5 Å². The molecule has 0 aliphatic heterocycles. The molecule has 4 rings (SSSR count). The van der Waals surface area contributed by atoms with Gasteiger partial charge in [-0.3, -0.25) is 19.1 Å². The molecule has 0 aliphatic carbocycles. The third-order valence-corrected chi connectivity index (χ3v) is 9.45. The number of Topliss-reactive ketones (excluding diaryl/α,β-unsaturated/α-hetero) is 1. The van der Waals surface area contributed by atoms with Gasteiger partial charge >= 0.3 is 0 Å². The number of thiazole rings is 1. The molecular weight excluding hydrogens is 707 g/mol. The third kappa shape index (κ3) is 8.61. The van der Waals surface area contributed by atoms with Crippen molar-refractivity contribution in [1.82, 2.24) is 14.9 Å². The second kappa shape index (κ2) is 14.1. The molecule has 0 spiro atoms. The van der Waals surface area contributed by atoms with Crippen molar-refractivity contribution in [2.75, 3.05) is 11.3 Å². The predicted octanol–water partition coefficient (Wildman–Crippen LogP) is 3.38. The van der Waals surface area contributed by atoms with Gasteiger partial charge in [-0.25, -0.2) is 13.4 Å². The van der Waals surface area contributed by atoms with E-state index in [-0.39, 0.29) is 35.3 Å². The number of amides is 1. The summed E-state index contributed by atoms with van der Waals surface area (Å²) in [6.07, 6.45) is 0.0588. The lowest BCUT2D eigenvalue weighted by Crippen LogP contribution is -2.44. The van der Waals surface area contributed by atoms with Crippen molar-refractivity contribution in [2.24, 2.45) is 10.9 Å². The maximum Gasteiger partial charge on any atom is 0.275 e. The highest BCUT2D eigenvalue weighted by atomic mass is 127. The second-order valence-corrected chi connectivity index (χ2v) is 13.5. The van der Waals surface area contributed by atoms with Crippen molar-refractivity contribution >= 4 is 77.4 Å². The Morgan fingerprint density at radius 3 is 2.58 bits per heavy atom. The Kier molecular flexibility index (Phi) is 10.5. The molecule has 1 unspecified atom stereocenters. The molecule has 0 fully saturated rings. The summed E-state index contributed by atoms with van der Waals surface area (Å²) in [5.74, 6) is -1.19. The number of benzene rings is 2. The summed E-state index contributed by atoms with van der Waals surface area (Å²) in [6, 6.07) is 16.2. The molecule has 15 heteroatoms. The molecule has 1 amide bonds. The minimum Gasteiger partial charge on any atom is -0.394 e. The largest absolute Gasteiger partial charge is 0.394 e. The molecule has 4 aromatic rings. The van der Waals surface area contributed by atoms with Gasteiger partial charge in [-0.15, -0.1) is 11.3 Å². The van der Waals surface area contributed by atoms with Crippen LogP contribution in [0.5, 0.6) is 0 Å². The molecule has 12 nitrogen and oxygen atoms in total. The number of aryl methyl sites for hydroxylation is 1. The van der Waals surface area contributed by atoms with E-state index in [0.29, 0.717) is 16.8 Å². The number of aromatic nitrogens is 2. The first-order chi connectivity index (χ1) is 20.4. The van der Waals surface area contributed by atoms with Crippen LogP contribution >= 0.6 is 33.9 Å². The van der Waals surface area contributed by atoms with Gasteiger partial charge in [-0.05, 0) is 72.3 Å². The summed E-state index contributed by atoms with van der Waals surface area (Å²) >= 11 is 3.25. The number of pyridine rings is 1. The second-order valence-electron chi connectivity index (χ2n) is 9.56. The summed E-state index contributed by atoms with van der Waals surface area (Å²) in [5.41, 5.74) is 6.26. The number of nitrogens with two attached hydrogens (primary N) is 1. The molecule has 0 aliphatic rings. The van der Waals surface area contributed by atoms with Crippen LogP contribution in [0.25, 0.3) is 10.2 Å². The minimum absolute atomic E-state index is 0.0211. The van der Waals surface area contributed by atoms with E-state index in [2.05, 4.69) is 20.2 Å². The topological polar surface area (TPSA) is 175 Å². The normalized spacial score (nSPS) is 12.6. The Morgan fingerprint density at radius 1 is 1.14 bits per heavy atom. The summed E-state index contributed by atoms with van der Waals surface area (Å²) < 4.78 is 30.8. The lowest BCUT2D eigenvalue weighted by molar-refractivity contribution is -0.122. The van der Waals surface area contributed by atoms with Crippen LogP contribution in [0.1, 0.15) is 34.4 Å². The van der Waals surface area contributed by atoms with E-state index in [0.717, 1.165) is 12.8 Å². The number of hydrogen-bond donors (Lipinski definition) is 3. The highest BCUT2D eigenvalue weighted by Crippen LogP contribution is 2.23. The Labute approximate surface area is 265 Å². The van der Waals surface area contributed by atoms with E-state index in [9.17, 15) is 22.8 Å². The number of nitrogens with one attached hydrogen (secondary N) is 2. The zero-order valence-corrected chi connectivity index (χ0v) is 27.0. The Bertz CT molecular complexity index is 1820. The molecule has 0 saturated carbocycles. The van der Waals surface area contributed by atoms with E-state index in [1.807, 2.05) is 40.8 Å². The summed E-state index contributed by atoms with van der Waals surface area (Å²) in [7, 11) is -3.93. The lowest BCUT2D eigenvalue weighted by atomic mass is 10.1. The first kappa shape index (κ1) is 32.1. The van der Waals surface area contributed by atoms with Crippen LogP contribution in [-0.4, -0.2) is 48.1 Å². The molecule has 1 atom stereocenters. The number of sulfonamides is 1. The summed E-state index contributed by atoms with van der Waals surface area (Å²) in [6.45, 7) is 2.68. The fourth-order valence-electron chi connectivity index (χ4n) is 4.07. The van der Waals surface area contributed by atoms with Gasteiger partial charge in [0.1, 0.15) is 24.7 Å². The van der Waals surface area contributed by atoms with Crippen molar-refractivity contribution in [1.29, 1.82) is 0 Å². The first-order valence-electron chi connectivity index (χ1n) is 13.0. The van der Waals surface area contributed by atoms with Crippen LogP contribution in [0.2, 0.25) is 0 Å². The highest BCUT2D eigenvalue weighted by molar-refractivity contribution is 14.1. The number of rotatable bonds is 13. The number of carbonyl (C=O) groups excluding carboxylic acids is 2. The van der Waals surface area contributed by atoms with E-state index in [1.54, 1.807) is 44.2 Å². The van der Waals surface area contributed by atoms with Gasteiger partial charge in [0, 0.05) is 15.7 Å². The molecular formula is C28H29IN6O6S2. The quantitative estimate of drug-likeness (QED) is 0.0468. The number of oxime groups is 1. The molecule has 43 heavy (non-hydrogen) atoms. The SMILES string of the molecule is C/C(N)=N/OCCC(NC(=O)Cn1c(C)ccc(NS(=O)(=O)Cc2ccccc2I)c1=O)C(=O)c1nc2ccccc2s1. The average Bonchev–Trinajstić information content (AvgIpc) is 3.39. The monoisotopic (exact) mass is 736 g/mol. The van der Waals surface area contributed by atoms with E-state index in [4.69, 9.17) is 10.6 Å². The van der Waals surface area contributed by atoms with Crippen LogP contribution in [0.15, 0.2) is 70.6 Å². The number of amidine groups is 1. The van der Waals surface area contributed by atoms with Gasteiger partial charge in [0.2, 0.25) is 21.7 Å². The zero-order valence-electron chi connectivity index (χ0n) is 23.2. The van der Waals surface area contributed by atoms with Crippen LogP contribution in [0.4, 0.5) is 5.69 Å². The van der Waals surface area contributed by atoms with E-state index >= 15 is 0 Å². The number of hydrogen-bond acceptors (Lipinski definition) is 9. The smallest absolute Gasteiger partial charge is 0.275 e. The molecule has 2 aromatic heterocycles. The van der Waals surface area contributed by atoms with Crippen molar-refractivity contribution in [3.05, 3.63) is 90.9 Å². The number of carbonyl (C=O) groups is 2. The molecule has 0 bridgehead atoms. The van der Waals surface area contributed by atoms with E-state index in [1.165, 1.54) is 23.5 Å². The van der Waals surface area contributed by atoms with Gasteiger partial charge in [-0.2, -0.15) is 0 Å². The Morgan fingerprint density at radius 2 is 1.86 bits per heavy atom. The predicted molar refractivity (Wildman–Crippen MR) is 175 cm³/mol. The summed E-state index contributed by atoms with van der Waals surface area (Å²) in [5, 5.41) is 6.55. The standard InChI is InChI=1S/C28H29IN6O6S2/c1-17-11-12-23(34-43(39,40)16-19-7-3-4-8-20(19)29)28(38)35(17)15-25(36)31-22(13-14-41-33-18(2)30)26(37)27-32-21-9-5-6-10-24(21)42-27/h3-12,22,34H,13-16H2,1-2H3,(H2,30,33)(H,31,36). The van der Waals surface area contributed by atoms with Crippen molar-refractivity contribution in [2.45, 2.75) is 38.6 Å². The molecule has 2 heterocycles. The average molecular weight is 737 g/mol. The van der Waals surface area contributed by atoms with Gasteiger partial charge in [0.15, 0.2) is 5.01 Å². The number of para-hydroxylation sites is 1. The lowest BCUT2D eigenvalue weighted by Gasteiger charge is -2.18. The Hall–Kier alpha value is -3.83. The Balaban J connectivity index is 1.52. The maximum atomic E-state index is 13.4. The zero-order chi connectivity index (χ0) is 31.1. The van der Waals surface area contributed by atoms with Crippen LogP contribution in [0, 0.1) is 10.5 Å². The van der Waals surface area contributed by atoms with Gasteiger partial charge in [0.25, 0.3) is 5.56 Å².